The highest BCUT2D eigenvalue weighted by Gasteiger charge is 2.41. The molecule has 0 heterocycles. The summed E-state index contributed by atoms with van der Waals surface area (Å²) in [5.74, 6) is 0.277. The molecule has 0 amide bonds. The van der Waals surface area contributed by atoms with Gasteiger partial charge in [0, 0.05) is 17.2 Å². The van der Waals surface area contributed by atoms with Gasteiger partial charge in [-0.2, -0.15) is 13.2 Å². The Morgan fingerprint density at radius 3 is 1.94 bits per heavy atom. The van der Waals surface area contributed by atoms with Crippen LogP contribution in [0, 0.1) is 0 Å². The van der Waals surface area contributed by atoms with Gasteiger partial charge in [0.2, 0.25) is 0 Å². The van der Waals surface area contributed by atoms with Crippen LogP contribution in [-0.4, -0.2) is 16.0 Å². The maximum absolute atomic E-state index is 12.7. The maximum atomic E-state index is 12.7. The van der Waals surface area contributed by atoms with Crippen molar-refractivity contribution in [1.82, 2.24) is 0 Å². The molecule has 3 rings (SSSR count). The van der Waals surface area contributed by atoms with Gasteiger partial charge in [-0.25, -0.2) is 4.79 Å². The van der Waals surface area contributed by atoms with Crippen LogP contribution in [0.15, 0.2) is 72.8 Å². The zero-order chi connectivity index (χ0) is 24.8. The predicted molar refractivity (Wildman–Crippen MR) is 127 cm³/mol. The summed E-state index contributed by atoms with van der Waals surface area (Å²) < 4.78 is 49.7. The smallest absolute Gasteiger partial charge is 0.416 e. The van der Waals surface area contributed by atoms with Gasteiger partial charge >= 0.3 is 12.1 Å². The van der Waals surface area contributed by atoms with Crippen LogP contribution in [-0.2, 0) is 16.7 Å². The highest BCUT2D eigenvalue weighted by molar-refractivity contribution is 8.00. The molecule has 0 bridgehead atoms. The van der Waals surface area contributed by atoms with Crippen molar-refractivity contribution in [2.75, 3.05) is 0 Å². The molecular weight excluding hydrogens is 489 g/mol. The molecular formula is C25H22ClF3O4S. The van der Waals surface area contributed by atoms with Crippen LogP contribution in [0.2, 0.25) is 5.02 Å². The minimum Gasteiger partial charge on any atom is -0.478 e. The molecule has 1 atom stereocenters. The first-order chi connectivity index (χ1) is 16.1. The molecule has 0 saturated carbocycles. The number of carboxylic acid groups (broad SMARTS) is 1. The van der Waals surface area contributed by atoms with Crippen molar-refractivity contribution in [3.05, 3.63) is 88.9 Å². The Kier molecular flexibility index (Phi) is 8.38. The van der Waals surface area contributed by atoms with Crippen molar-refractivity contribution >= 4 is 29.3 Å². The molecule has 0 fully saturated rings. The van der Waals surface area contributed by atoms with Crippen LogP contribution in [0.1, 0.15) is 30.9 Å². The van der Waals surface area contributed by atoms with Gasteiger partial charge in [-0.3, -0.25) is 0 Å². The Balaban J connectivity index is 1.71. The third-order valence-electron chi connectivity index (χ3n) is 4.81. The third-order valence-corrected chi connectivity index (χ3v) is 6.47. The van der Waals surface area contributed by atoms with Crippen LogP contribution < -0.4 is 9.47 Å². The number of aliphatic carboxylic acids is 1. The number of alkyl halides is 3. The summed E-state index contributed by atoms with van der Waals surface area (Å²) in [6, 6.07) is 17.8. The summed E-state index contributed by atoms with van der Waals surface area (Å²) in [5, 5.41) is 10.6. The summed E-state index contributed by atoms with van der Waals surface area (Å²) >= 11 is 7.09. The minimum absolute atomic E-state index is 0.242. The summed E-state index contributed by atoms with van der Waals surface area (Å²) in [5.41, 5.74) is 0.153. The molecule has 0 aliphatic heterocycles. The van der Waals surface area contributed by atoms with E-state index in [2.05, 4.69) is 0 Å². The normalized spacial score (nSPS) is 13.2. The first-order valence-electron chi connectivity index (χ1n) is 10.4. The van der Waals surface area contributed by atoms with Crippen LogP contribution >= 0.6 is 23.4 Å². The molecule has 0 aromatic heterocycles. The molecule has 1 unspecified atom stereocenters. The number of rotatable bonds is 10. The van der Waals surface area contributed by atoms with Crippen LogP contribution in [0.4, 0.5) is 13.2 Å². The van der Waals surface area contributed by atoms with Crippen molar-refractivity contribution in [2.45, 2.75) is 36.6 Å². The summed E-state index contributed by atoms with van der Waals surface area (Å²) in [6.45, 7) is 1.88. The van der Waals surface area contributed by atoms with E-state index in [4.69, 9.17) is 21.1 Å². The fourth-order valence-corrected chi connectivity index (χ4v) is 4.43. The van der Waals surface area contributed by atoms with E-state index >= 15 is 0 Å². The largest absolute Gasteiger partial charge is 0.478 e. The van der Waals surface area contributed by atoms with Gasteiger partial charge in [0.1, 0.15) is 17.2 Å². The number of carboxylic acids is 1. The van der Waals surface area contributed by atoms with Crippen molar-refractivity contribution in [3.63, 3.8) is 0 Å². The number of thioether (sulfide) groups is 1. The fourth-order valence-electron chi connectivity index (χ4n) is 3.09. The lowest BCUT2D eigenvalue weighted by Gasteiger charge is -2.29. The SMILES string of the molecule is CCCC(Oc1ccc(Oc2ccc(C(F)(F)F)cc2)cc1)(SCc1ccc(Cl)cc1)C(=O)O. The van der Waals surface area contributed by atoms with E-state index < -0.39 is 22.6 Å². The zero-order valence-corrected chi connectivity index (χ0v) is 19.7. The topological polar surface area (TPSA) is 55.8 Å². The van der Waals surface area contributed by atoms with E-state index in [0.717, 1.165) is 17.7 Å². The van der Waals surface area contributed by atoms with Gasteiger partial charge in [0.25, 0.3) is 4.93 Å². The molecule has 0 aliphatic rings. The highest BCUT2D eigenvalue weighted by atomic mass is 35.5. The molecule has 1 N–H and O–H groups in total. The van der Waals surface area contributed by atoms with E-state index in [1.807, 2.05) is 19.1 Å². The summed E-state index contributed by atoms with van der Waals surface area (Å²) in [4.78, 5) is 10.7. The minimum atomic E-state index is -4.42. The lowest BCUT2D eigenvalue weighted by molar-refractivity contribution is -0.148. The fraction of sp³-hybridized carbons (Fsp3) is 0.240. The average Bonchev–Trinajstić information content (AvgIpc) is 2.79. The van der Waals surface area contributed by atoms with Gasteiger partial charge < -0.3 is 14.6 Å². The van der Waals surface area contributed by atoms with E-state index in [0.29, 0.717) is 28.7 Å². The average molecular weight is 511 g/mol. The lowest BCUT2D eigenvalue weighted by Crippen LogP contribution is -2.41. The second kappa shape index (κ2) is 11.1. The molecule has 9 heteroatoms. The highest BCUT2D eigenvalue weighted by Crippen LogP contribution is 2.37. The third kappa shape index (κ3) is 6.84. The van der Waals surface area contributed by atoms with Crippen molar-refractivity contribution in [2.24, 2.45) is 0 Å². The van der Waals surface area contributed by atoms with Crippen LogP contribution in [0.3, 0.4) is 0 Å². The van der Waals surface area contributed by atoms with Gasteiger partial charge in [-0.1, -0.05) is 48.8 Å². The van der Waals surface area contributed by atoms with Crippen molar-refractivity contribution < 1.29 is 32.5 Å². The Bertz CT molecular complexity index is 1090. The number of carbonyl (C=O) groups is 1. The predicted octanol–water partition coefficient (Wildman–Crippen LogP) is 8.04. The Morgan fingerprint density at radius 2 is 1.44 bits per heavy atom. The van der Waals surface area contributed by atoms with E-state index in [-0.39, 0.29) is 12.2 Å². The molecule has 0 radical (unpaired) electrons. The molecule has 3 aromatic rings. The molecule has 180 valence electrons. The first-order valence-corrected chi connectivity index (χ1v) is 11.7. The summed E-state index contributed by atoms with van der Waals surface area (Å²) in [6.07, 6.45) is -3.54. The Hall–Kier alpha value is -2.84. The van der Waals surface area contributed by atoms with Crippen molar-refractivity contribution in [3.8, 4) is 17.2 Å². The van der Waals surface area contributed by atoms with Crippen LogP contribution in [0.5, 0.6) is 17.2 Å². The second-order valence-corrected chi connectivity index (χ2v) is 9.09. The van der Waals surface area contributed by atoms with Gasteiger partial charge in [0.05, 0.1) is 5.56 Å². The molecule has 34 heavy (non-hydrogen) atoms. The van der Waals surface area contributed by atoms with Crippen LogP contribution in [0.25, 0.3) is 0 Å². The standard InChI is InChI=1S/C25H22ClF3O4S/c1-2-15-24(23(30)31,34-16-17-3-7-19(26)8-4-17)33-22-13-11-21(12-14-22)32-20-9-5-18(6-10-20)25(27,28)29/h3-14H,2,15-16H2,1H3,(H,30,31). The van der Waals surface area contributed by atoms with Gasteiger partial charge in [0.15, 0.2) is 0 Å². The number of ether oxygens (including phenoxy) is 2. The van der Waals surface area contributed by atoms with Crippen molar-refractivity contribution in [1.29, 1.82) is 0 Å². The molecule has 0 aliphatic carbocycles. The first kappa shape index (κ1) is 25.8. The number of hydrogen-bond donors (Lipinski definition) is 1. The number of benzene rings is 3. The van der Waals surface area contributed by atoms with Gasteiger partial charge in [-0.15, -0.1) is 0 Å². The monoisotopic (exact) mass is 510 g/mol. The van der Waals surface area contributed by atoms with E-state index in [9.17, 15) is 23.1 Å². The Labute approximate surface area is 204 Å². The maximum Gasteiger partial charge on any atom is 0.416 e. The van der Waals surface area contributed by atoms with E-state index in [1.54, 1.807) is 36.4 Å². The van der Waals surface area contributed by atoms with Gasteiger partial charge in [-0.05, 0) is 66.2 Å². The molecule has 0 saturated heterocycles. The molecule has 3 aromatic carbocycles. The quantitative estimate of drug-likeness (QED) is 0.280. The summed E-state index contributed by atoms with van der Waals surface area (Å²) in [7, 11) is 0. The second-order valence-electron chi connectivity index (χ2n) is 7.42. The number of hydrogen-bond acceptors (Lipinski definition) is 4. The zero-order valence-electron chi connectivity index (χ0n) is 18.1. The Morgan fingerprint density at radius 1 is 0.912 bits per heavy atom. The molecule has 0 spiro atoms. The van der Waals surface area contributed by atoms with E-state index in [1.165, 1.54) is 23.9 Å². The lowest BCUT2D eigenvalue weighted by atomic mass is 10.2. The number of halogens is 4. The molecule has 4 nitrogen and oxygen atoms in total.